The Labute approximate surface area is 112 Å². The molecule has 0 aliphatic rings. The average Bonchev–Trinajstić information content (AvgIpc) is 2.44. The van der Waals surface area contributed by atoms with Crippen LogP contribution in [0.3, 0.4) is 0 Å². The van der Waals surface area contributed by atoms with Crippen LogP contribution in [0.1, 0.15) is 12.5 Å². The standard InChI is InChI=1S/C13H19N3O3/c1-2-15-12(17)8-16-13(18)9-19-11-5-3-10(7-14)4-6-11/h3-6H,2,7-9,14H2,1H3,(H,15,17)(H,16,18). The van der Waals surface area contributed by atoms with Crippen molar-refractivity contribution in [3.8, 4) is 5.75 Å². The van der Waals surface area contributed by atoms with E-state index < -0.39 is 0 Å². The Morgan fingerprint density at radius 2 is 1.84 bits per heavy atom. The van der Waals surface area contributed by atoms with E-state index in [0.29, 0.717) is 18.8 Å². The van der Waals surface area contributed by atoms with Crippen LogP contribution in [0.5, 0.6) is 5.75 Å². The predicted octanol–water partition coefficient (Wildman–Crippen LogP) is -0.224. The van der Waals surface area contributed by atoms with Crippen molar-refractivity contribution in [1.82, 2.24) is 10.6 Å². The Morgan fingerprint density at radius 1 is 1.16 bits per heavy atom. The second-order valence-corrected chi connectivity index (χ2v) is 3.87. The van der Waals surface area contributed by atoms with E-state index in [-0.39, 0.29) is 25.0 Å². The zero-order valence-corrected chi connectivity index (χ0v) is 10.9. The topological polar surface area (TPSA) is 93.5 Å². The van der Waals surface area contributed by atoms with Gasteiger partial charge in [-0.1, -0.05) is 12.1 Å². The molecule has 0 saturated heterocycles. The minimum Gasteiger partial charge on any atom is -0.484 e. The maximum atomic E-state index is 11.4. The number of benzene rings is 1. The number of nitrogens with one attached hydrogen (secondary N) is 2. The van der Waals surface area contributed by atoms with Gasteiger partial charge in [-0.2, -0.15) is 0 Å². The summed E-state index contributed by atoms with van der Waals surface area (Å²) in [6.07, 6.45) is 0. The number of ether oxygens (including phenoxy) is 1. The van der Waals surface area contributed by atoms with Crippen molar-refractivity contribution in [1.29, 1.82) is 0 Å². The van der Waals surface area contributed by atoms with Gasteiger partial charge in [0, 0.05) is 13.1 Å². The number of carbonyl (C=O) groups excluding carboxylic acids is 2. The molecule has 2 amide bonds. The molecule has 0 radical (unpaired) electrons. The molecule has 0 aliphatic heterocycles. The summed E-state index contributed by atoms with van der Waals surface area (Å²) in [4.78, 5) is 22.5. The lowest BCUT2D eigenvalue weighted by Gasteiger charge is -2.08. The monoisotopic (exact) mass is 265 g/mol. The molecule has 0 spiro atoms. The highest BCUT2D eigenvalue weighted by Crippen LogP contribution is 2.11. The summed E-state index contributed by atoms with van der Waals surface area (Å²) in [6.45, 7) is 2.66. The zero-order chi connectivity index (χ0) is 14.1. The smallest absolute Gasteiger partial charge is 0.258 e. The normalized spacial score (nSPS) is 9.79. The Balaban J connectivity index is 2.27. The first-order valence-corrected chi connectivity index (χ1v) is 6.11. The van der Waals surface area contributed by atoms with E-state index in [0.717, 1.165) is 5.56 Å². The Kier molecular flexibility index (Phi) is 6.38. The second kappa shape index (κ2) is 8.10. The molecule has 19 heavy (non-hydrogen) atoms. The highest BCUT2D eigenvalue weighted by molar-refractivity contribution is 5.85. The van der Waals surface area contributed by atoms with Crippen molar-refractivity contribution in [2.45, 2.75) is 13.5 Å². The van der Waals surface area contributed by atoms with E-state index in [1.807, 2.05) is 19.1 Å². The van der Waals surface area contributed by atoms with Crippen LogP contribution in [0.15, 0.2) is 24.3 Å². The number of hydrogen-bond acceptors (Lipinski definition) is 4. The zero-order valence-electron chi connectivity index (χ0n) is 10.9. The number of carbonyl (C=O) groups is 2. The van der Waals surface area contributed by atoms with Gasteiger partial charge in [-0.25, -0.2) is 0 Å². The third kappa shape index (κ3) is 5.87. The van der Waals surface area contributed by atoms with Crippen molar-refractivity contribution >= 4 is 11.8 Å². The third-order valence-corrected chi connectivity index (χ3v) is 2.35. The van der Waals surface area contributed by atoms with Gasteiger partial charge in [-0.05, 0) is 24.6 Å². The lowest BCUT2D eigenvalue weighted by atomic mass is 10.2. The first-order chi connectivity index (χ1) is 9.15. The molecule has 0 saturated carbocycles. The number of hydrogen-bond donors (Lipinski definition) is 3. The highest BCUT2D eigenvalue weighted by Gasteiger charge is 2.05. The number of likely N-dealkylation sites (N-methyl/N-ethyl adjacent to an activating group) is 1. The quantitative estimate of drug-likeness (QED) is 0.635. The lowest BCUT2D eigenvalue weighted by Crippen LogP contribution is -2.38. The van der Waals surface area contributed by atoms with E-state index >= 15 is 0 Å². The Hall–Kier alpha value is -2.08. The lowest BCUT2D eigenvalue weighted by molar-refractivity contribution is -0.127. The van der Waals surface area contributed by atoms with Gasteiger partial charge < -0.3 is 21.1 Å². The molecule has 0 heterocycles. The molecule has 104 valence electrons. The molecule has 1 aromatic carbocycles. The van der Waals surface area contributed by atoms with E-state index in [1.165, 1.54) is 0 Å². The molecule has 0 aromatic heterocycles. The van der Waals surface area contributed by atoms with Crippen molar-refractivity contribution in [3.63, 3.8) is 0 Å². The fourth-order valence-electron chi connectivity index (χ4n) is 1.36. The fraction of sp³-hybridized carbons (Fsp3) is 0.385. The molecule has 4 N–H and O–H groups in total. The number of amides is 2. The van der Waals surface area contributed by atoms with Crippen LogP contribution < -0.4 is 21.1 Å². The molecule has 0 fully saturated rings. The molecular weight excluding hydrogens is 246 g/mol. The van der Waals surface area contributed by atoms with Crippen LogP contribution in [0, 0.1) is 0 Å². The summed E-state index contributed by atoms with van der Waals surface area (Å²) in [7, 11) is 0. The fourth-order valence-corrected chi connectivity index (χ4v) is 1.36. The average molecular weight is 265 g/mol. The van der Waals surface area contributed by atoms with Gasteiger partial charge in [0.15, 0.2) is 6.61 Å². The number of nitrogens with two attached hydrogens (primary N) is 1. The number of rotatable bonds is 7. The molecule has 1 rings (SSSR count). The van der Waals surface area contributed by atoms with Gasteiger partial charge in [0.25, 0.3) is 5.91 Å². The van der Waals surface area contributed by atoms with Crippen molar-refractivity contribution in [2.24, 2.45) is 5.73 Å². The summed E-state index contributed by atoms with van der Waals surface area (Å²) in [5.74, 6) is 0.0302. The predicted molar refractivity (Wildman–Crippen MR) is 71.5 cm³/mol. The van der Waals surface area contributed by atoms with E-state index in [1.54, 1.807) is 12.1 Å². The SMILES string of the molecule is CCNC(=O)CNC(=O)COc1ccc(CN)cc1. The van der Waals surface area contributed by atoms with Crippen molar-refractivity contribution in [2.75, 3.05) is 19.7 Å². The van der Waals surface area contributed by atoms with Crippen LogP contribution in [0.4, 0.5) is 0 Å². The molecule has 0 aliphatic carbocycles. The largest absolute Gasteiger partial charge is 0.484 e. The van der Waals surface area contributed by atoms with E-state index in [9.17, 15) is 9.59 Å². The highest BCUT2D eigenvalue weighted by atomic mass is 16.5. The summed E-state index contributed by atoms with van der Waals surface area (Å²) in [5.41, 5.74) is 6.47. The molecule has 1 aromatic rings. The van der Waals surface area contributed by atoms with Crippen molar-refractivity contribution in [3.05, 3.63) is 29.8 Å². The molecule has 0 bridgehead atoms. The minimum atomic E-state index is -0.339. The van der Waals surface area contributed by atoms with Crippen molar-refractivity contribution < 1.29 is 14.3 Å². The van der Waals surface area contributed by atoms with Crippen LogP contribution in [-0.4, -0.2) is 31.5 Å². The molecule has 0 atom stereocenters. The first-order valence-electron chi connectivity index (χ1n) is 6.11. The summed E-state index contributed by atoms with van der Waals surface area (Å²) in [6, 6.07) is 7.17. The Morgan fingerprint density at radius 3 is 2.42 bits per heavy atom. The van der Waals surface area contributed by atoms with Gasteiger partial charge in [0.2, 0.25) is 5.91 Å². The van der Waals surface area contributed by atoms with Gasteiger partial charge in [0.1, 0.15) is 5.75 Å². The molecular formula is C13H19N3O3. The van der Waals surface area contributed by atoms with E-state index in [2.05, 4.69) is 10.6 Å². The summed E-state index contributed by atoms with van der Waals surface area (Å²) >= 11 is 0. The van der Waals surface area contributed by atoms with Crippen LogP contribution in [-0.2, 0) is 16.1 Å². The third-order valence-electron chi connectivity index (χ3n) is 2.35. The van der Waals surface area contributed by atoms with Crippen LogP contribution in [0.2, 0.25) is 0 Å². The minimum absolute atomic E-state index is 0.0395. The van der Waals surface area contributed by atoms with Gasteiger partial charge in [0.05, 0.1) is 6.54 Å². The molecule has 0 unspecified atom stereocenters. The van der Waals surface area contributed by atoms with Gasteiger partial charge >= 0.3 is 0 Å². The van der Waals surface area contributed by atoms with Crippen LogP contribution >= 0.6 is 0 Å². The summed E-state index contributed by atoms with van der Waals surface area (Å²) < 4.78 is 5.27. The molecule has 6 nitrogen and oxygen atoms in total. The maximum absolute atomic E-state index is 11.4. The first kappa shape index (κ1) is 15.0. The maximum Gasteiger partial charge on any atom is 0.258 e. The van der Waals surface area contributed by atoms with Gasteiger partial charge in [-0.15, -0.1) is 0 Å². The second-order valence-electron chi connectivity index (χ2n) is 3.87. The summed E-state index contributed by atoms with van der Waals surface area (Å²) in [5, 5.41) is 5.05. The van der Waals surface area contributed by atoms with Crippen LogP contribution in [0.25, 0.3) is 0 Å². The molecule has 6 heteroatoms. The Bertz CT molecular complexity index is 418. The van der Waals surface area contributed by atoms with Gasteiger partial charge in [-0.3, -0.25) is 9.59 Å². The van der Waals surface area contributed by atoms with E-state index in [4.69, 9.17) is 10.5 Å².